The Morgan fingerprint density at radius 3 is 2.42 bits per heavy atom. The van der Waals surface area contributed by atoms with E-state index >= 15 is 0 Å². The lowest BCUT2D eigenvalue weighted by molar-refractivity contribution is 0.0905. The number of carbonyl (C=O) groups is 1. The Morgan fingerprint density at radius 2 is 1.72 bits per heavy atom. The van der Waals surface area contributed by atoms with Crippen molar-refractivity contribution in [3.05, 3.63) is 99.6 Å². The van der Waals surface area contributed by atoms with Gasteiger partial charge in [-0.2, -0.15) is 4.98 Å². The molecule has 0 bridgehead atoms. The molecule has 9 nitrogen and oxygen atoms in total. The van der Waals surface area contributed by atoms with Gasteiger partial charge in [0.05, 0.1) is 17.2 Å². The highest BCUT2D eigenvalue weighted by molar-refractivity contribution is 7.92. The number of carbonyl (C=O) groups excluding carboxylic acids is 1. The van der Waals surface area contributed by atoms with E-state index < -0.39 is 10.0 Å². The van der Waals surface area contributed by atoms with Gasteiger partial charge in [0.2, 0.25) is 11.8 Å². The van der Waals surface area contributed by atoms with E-state index in [0.29, 0.717) is 43.0 Å². The summed E-state index contributed by atoms with van der Waals surface area (Å²) in [5.41, 5.74) is 5.75. The SMILES string of the molecule is CCCC(CCC1=C/CC/C=c2/oc(C(C)(C)C)c/c2=N\1)C(=O)c1cccc(S(=O)(=O)Nc2nc(OCC34CC3C4)cc(-c3c(C)cccc3C)n2)c1. The molecule has 10 heteroatoms. The Hall–Kier alpha value is -4.57. The van der Waals surface area contributed by atoms with E-state index in [1.165, 1.54) is 25.0 Å². The minimum absolute atomic E-state index is 0.0315. The Balaban J connectivity index is 1.10. The van der Waals surface area contributed by atoms with Gasteiger partial charge in [0.15, 0.2) is 5.78 Å². The van der Waals surface area contributed by atoms with Gasteiger partial charge in [-0.1, -0.05) is 70.5 Å². The van der Waals surface area contributed by atoms with Gasteiger partial charge in [-0.15, -0.1) is 0 Å². The first-order valence-corrected chi connectivity index (χ1v) is 20.4. The molecule has 278 valence electrons. The zero-order valence-corrected chi connectivity index (χ0v) is 32.5. The van der Waals surface area contributed by atoms with E-state index in [9.17, 15) is 13.2 Å². The van der Waals surface area contributed by atoms with Crippen LogP contribution in [0.5, 0.6) is 5.88 Å². The fourth-order valence-corrected chi connectivity index (χ4v) is 8.27. The first-order valence-electron chi connectivity index (χ1n) is 18.9. The van der Waals surface area contributed by atoms with Gasteiger partial charge in [-0.3, -0.25) is 4.79 Å². The number of nitrogens with one attached hydrogen (secondary N) is 1. The highest BCUT2D eigenvalue weighted by Crippen LogP contribution is 2.75. The number of Topliss-reactive ketones (excluding diaryl/α,β-unsaturated/α-hetero) is 1. The molecule has 4 aromatic rings. The topological polar surface area (TPSA) is 124 Å². The molecule has 0 spiro atoms. The summed E-state index contributed by atoms with van der Waals surface area (Å²) in [5.74, 6) is 1.52. The van der Waals surface area contributed by atoms with Crippen LogP contribution in [0.25, 0.3) is 17.3 Å². The van der Waals surface area contributed by atoms with Crippen molar-refractivity contribution >= 4 is 27.8 Å². The smallest absolute Gasteiger partial charge is 0.264 e. The van der Waals surface area contributed by atoms with Crippen LogP contribution in [0, 0.1) is 31.1 Å². The summed E-state index contributed by atoms with van der Waals surface area (Å²) in [5, 5.41) is 0.825. The lowest BCUT2D eigenvalue weighted by Crippen LogP contribution is -2.21. The average Bonchev–Trinajstić information content (AvgIpc) is 3.93. The molecule has 1 atom stereocenters. The van der Waals surface area contributed by atoms with Crippen LogP contribution in [0.4, 0.5) is 5.95 Å². The van der Waals surface area contributed by atoms with E-state index in [1.54, 1.807) is 18.2 Å². The molecule has 2 aromatic heterocycles. The number of anilines is 1. The quantitative estimate of drug-likeness (QED) is 0.129. The third kappa shape index (κ3) is 8.17. The van der Waals surface area contributed by atoms with Crippen molar-refractivity contribution in [1.82, 2.24) is 9.97 Å². The number of ether oxygens (including phenoxy) is 1. The summed E-state index contributed by atoms with van der Waals surface area (Å²) >= 11 is 0. The van der Waals surface area contributed by atoms with Crippen LogP contribution in [0.2, 0.25) is 0 Å². The monoisotopic (exact) mass is 734 g/mol. The molecule has 53 heavy (non-hydrogen) atoms. The Morgan fingerprint density at radius 1 is 1.00 bits per heavy atom. The predicted molar refractivity (Wildman–Crippen MR) is 207 cm³/mol. The zero-order chi connectivity index (χ0) is 37.5. The van der Waals surface area contributed by atoms with E-state index in [4.69, 9.17) is 14.1 Å². The van der Waals surface area contributed by atoms with Crippen molar-refractivity contribution in [3.63, 3.8) is 0 Å². The number of hydrogen-bond donors (Lipinski definition) is 1. The van der Waals surface area contributed by atoms with Crippen molar-refractivity contribution in [2.75, 3.05) is 11.3 Å². The van der Waals surface area contributed by atoms with Crippen molar-refractivity contribution in [1.29, 1.82) is 0 Å². The summed E-state index contributed by atoms with van der Waals surface area (Å²) in [6.07, 6.45) is 11.0. The molecule has 0 amide bonds. The Labute approximate surface area is 312 Å². The van der Waals surface area contributed by atoms with Gasteiger partial charge < -0.3 is 9.15 Å². The van der Waals surface area contributed by atoms with Crippen LogP contribution in [0.3, 0.4) is 0 Å². The molecule has 1 N–H and O–H groups in total. The van der Waals surface area contributed by atoms with Gasteiger partial charge in [0.1, 0.15) is 16.5 Å². The van der Waals surface area contributed by atoms with Crippen LogP contribution in [-0.2, 0) is 15.4 Å². The predicted octanol–water partition coefficient (Wildman–Crippen LogP) is 8.40. The minimum atomic E-state index is -4.16. The van der Waals surface area contributed by atoms with E-state index in [1.807, 2.05) is 38.1 Å². The van der Waals surface area contributed by atoms with Gasteiger partial charge in [0, 0.05) is 45.7 Å². The fourth-order valence-electron chi connectivity index (χ4n) is 7.28. The van der Waals surface area contributed by atoms with Gasteiger partial charge in [-0.05, 0) is 94.0 Å². The molecular weight excluding hydrogens is 685 g/mol. The fraction of sp³-hybridized carbons (Fsp3) is 0.442. The summed E-state index contributed by atoms with van der Waals surface area (Å²) in [7, 11) is -4.16. The lowest BCUT2D eigenvalue weighted by Gasteiger charge is -2.17. The normalized spacial score (nSPS) is 21.9. The molecule has 3 aliphatic rings. The highest BCUT2D eigenvalue weighted by atomic mass is 32.2. The van der Waals surface area contributed by atoms with Crippen LogP contribution in [0.15, 0.2) is 80.7 Å². The van der Waals surface area contributed by atoms with Crippen molar-refractivity contribution in [3.8, 4) is 17.1 Å². The highest BCUT2D eigenvalue weighted by Gasteiger charge is 2.70. The van der Waals surface area contributed by atoms with Gasteiger partial charge in [-0.25, -0.2) is 23.1 Å². The number of rotatable bonds is 14. The van der Waals surface area contributed by atoms with Crippen LogP contribution in [0.1, 0.15) is 106 Å². The maximum Gasteiger partial charge on any atom is 0.264 e. The second kappa shape index (κ2) is 14.3. The Kier molecular flexibility index (Phi) is 9.95. The lowest BCUT2D eigenvalue weighted by atomic mass is 9.89. The molecule has 2 saturated carbocycles. The molecule has 2 aromatic carbocycles. The van der Waals surface area contributed by atoms with Crippen molar-refractivity contribution in [2.45, 2.75) is 103 Å². The summed E-state index contributed by atoms with van der Waals surface area (Å²) < 4.78 is 42.7. The number of sulfonamides is 1. The molecule has 1 unspecified atom stereocenters. The summed E-state index contributed by atoms with van der Waals surface area (Å²) in [4.78, 5) is 28.1. The number of hydrogen-bond acceptors (Lipinski definition) is 8. The molecule has 7 rings (SSSR count). The minimum Gasteiger partial charge on any atom is -0.477 e. The number of furan rings is 1. The van der Waals surface area contributed by atoms with Crippen molar-refractivity contribution in [2.24, 2.45) is 22.2 Å². The van der Waals surface area contributed by atoms with Gasteiger partial charge in [0.25, 0.3) is 10.0 Å². The molecular formula is C43H50N4O5S. The standard InChI is InChI=1S/C43H50N4O5S/c1-7-12-29(19-20-32-16-8-9-18-36-34(44-32)22-37(52-36)42(4,5)6)40(48)30-15-11-17-33(21-30)53(49,50)47-41-45-35(39-27(2)13-10-14-28(39)3)23-38(46-41)51-26-43-24-31(43)25-43/h10-11,13-18,21-23,29,31H,7-9,12,19-20,24-26H2,1-6H3,(H,45,46,47)/b32-16-,36-18+,44-34+. The maximum atomic E-state index is 14.0. The van der Waals surface area contributed by atoms with Crippen molar-refractivity contribution < 1.29 is 22.4 Å². The maximum absolute atomic E-state index is 14.0. The van der Waals surface area contributed by atoms with Crippen LogP contribution < -0.4 is 20.2 Å². The molecule has 3 heterocycles. The number of fused-ring (bicyclic) bond motifs is 2. The first kappa shape index (κ1) is 36.8. The van der Waals surface area contributed by atoms with Gasteiger partial charge >= 0.3 is 0 Å². The number of nitrogens with zero attached hydrogens (tertiary/aromatic N) is 3. The second-order valence-corrected chi connectivity index (χ2v) is 17.8. The van der Waals surface area contributed by atoms with E-state index in [-0.39, 0.29) is 33.4 Å². The molecule has 1 aliphatic heterocycles. The number of ketones is 1. The number of aryl methyl sites for hydroxylation is 2. The summed E-state index contributed by atoms with van der Waals surface area (Å²) in [6.45, 7) is 13.0. The average molecular weight is 735 g/mol. The van der Waals surface area contributed by atoms with E-state index in [2.05, 4.69) is 54.5 Å². The largest absolute Gasteiger partial charge is 0.477 e. The number of aromatic nitrogens is 2. The Bertz CT molecular complexity index is 2290. The van der Waals surface area contributed by atoms with Crippen LogP contribution >= 0.6 is 0 Å². The number of benzene rings is 2. The second-order valence-electron chi connectivity index (χ2n) is 16.2. The van der Waals surface area contributed by atoms with Crippen LogP contribution in [-0.4, -0.2) is 30.8 Å². The molecule has 0 saturated heterocycles. The zero-order valence-electron chi connectivity index (χ0n) is 31.7. The number of allylic oxidation sites excluding steroid dienone is 2. The third-order valence-electron chi connectivity index (χ3n) is 10.8. The first-order chi connectivity index (χ1) is 25.2. The third-order valence-corrected chi connectivity index (χ3v) is 12.2. The summed E-state index contributed by atoms with van der Waals surface area (Å²) in [6, 6.07) is 16.0. The molecule has 2 fully saturated rings. The molecule has 0 radical (unpaired) electrons. The van der Waals surface area contributed by atoms with E-state index in [0.717, 1.165) is 64.1 Å². The molecule has 2 aliphatic carbocycles.